The van der Waals surface area contributed by atoms with Gasteiger partial charge in [-0.05, 0) is 19.8 Å². The quantitative estimate of drug-likeness (QED) is 0.565. The molecule has 0 heterocycles. The average molecular weight is 279 g/mol. The van der Waals surface area contributed by atoms with Crippen LogP contribution < -0.4 is 4.72 Å². The fourth-order valence-corrected chi connectivity index (χ4v) is 3.28. The number of hydrogen-bond donors (Lipinski definition) is 2. The van der Waals surface area contributed by atoms with Crippen molar-refractivity contribution in [2.75, 3.05) is 7.11 Å². The molecular formula is C11H21NO5S. The van der Waals surface area contributed by atoms with Crippen LogP contribution in [-0.4, -0.2) is 44.0 Å². The number of methoxy groups -OCH3 is 1. The van der Waals surface area contributed by atoms with E-state index in [9.17, 15) is 18.3 Å². The molecule has 0 spiro atoms. The zero-order valence-corrected chi connectivity index (χ0v) is 11.6. The summed E-state index contributed by atoms with van der Waals surface area (Å²) < 4.78 is 30.7. The van der Waals surface area contributed by atoms with Gasteiger partial charge in [-0.2, -0.15) is 0 Å². The van der Waals surface area contributed by atoms with E-state index in [1.165, 1.54) is 6.92 Å². The van der Waals surface area contributed by atoms with Gasteiger partial charge in [0.15, 0.2) is 5.25 Å². The summed E-state index contributed by atoms with van der Waals surface area (Å²) in [4.78, 5) is 11.2. The maximum Gasteiger partial charge on any atom is 0.325 e. The molecular weight excluding hydrogens is 258 g/mol. The minimum atomic E-state index is -3.80. The number of esters is 1. The molecule has 0 bridgehead atoms. The second-order valence-corrected chi connectivity index (χ2v) is 6.67. The highest BCUT2D eigenvalue weighted by molar-refractivity contribution is 7.90. The highest BCUT2D eigenvalue weighted by Gasteiger charge is 2.33. The largest absolute Gasteiger partial charge is 0.468 e. The molecule has 0 radical (unpaired) electrons. The summed E-state index contributed by atoms with van der Waals surface area (Å²) >= 11 is 0. The molecule has 2 N–H and O–H groups in total. The Kier molecular flexibility index (Phi) is 5.55. The van der Waals surface area contributed by atoms with Gasteiger partial charge in [-0.25, -0.2) is 13.1 Å². The molecule has 1 aliphatic rings. The summed E-state index contributed by atoms with van der Waals surface area (Å²) in [7, 11) is -2.66. The van der Waals surface area contributed by atoms with Gasteiger partial charge in [0.2, 0.25) is 10.0 Å². The summed E-state index contributed by atoms with van der Waals surface area (Å²) in [5.41, 5.74) is 0. The van der Waals surface area contributed by atoms with Gasteiger partial charge in [0.05, 0.1) is 13.2 Å². The SMILES string of the molecule is COC(=O)C(C)S(=O)(=O)NC1CCCCCC1O. The lowest BCUT2D eigenvalue weighted by atomic mass is 10.1. The first-order chi connectivity index (χ1) is 8.38. The molecule has 3 unspecified atom stereocenters. The molecule has 0 aromatic rings. The molecule has 0 saturated heterocycles. The summed E-state index contributed by atoms with van der Waals surface area (Å²) in [6.07, 6.45) is 3.24. The molecule has 18 heavy (non-hydrogen) atoms. The predicted molar refractivity (Wildman–Crippen MR) is 66.4 cm³/mol. The van der Waals surface area contributed by atoms with Crippen molar-refractivity contribution in [3.63, 3.8) is 0 Å². The topological polar surface area (TPSA) is 92.7 Å². The van der Waals surface area contributed by atoms with E-state index in [1.807, 2.05) is 0 Å². The first-order valence-electron chi connectivity index (χ1n) is 6.15. The summed E-state index contributed by atoms with van der Waals surface area (Å²) in [6.45, 7) is 1.28. The van der Waals surface area contributed by atoms with Crippen molar-refractivity contribution in [1.29, 1.82) is 0 Å². The summed E-state index contributed by atoms with van der Waals surface area (Å²) in [5, 5.41) is 8.58. The smallest absolute Gasteiger partial charge is 0.325 e. The van der Waals surface area contributed by atoms with Crippen molar-refractivity contribution in [1.82, 2.24) is 4.72 Å². The first kappa shape index (κ1) is 15.4. The van der Waals surface area contributed by atoms with E-state index < -0.39 is 33.4 Å². The molecule has 0 aliphatic heterocycles. The Labute approximate surface area is 108 Å². The zero-order chi connectivity index (χ0) is 13.8. The predicted octanol–water partition coefficient (Wildman–Crippen LogP) is 0.161. The van der Waals surface area contributed by atoms with Crippen LogP contribution in [-0.2, 0) is 19.6 Å². The van der Waals surface area contributed by atoms with Gasteiger partial charge >= 0.3 is 5.97 Å². The van der Waals surface area contributed by atoms with Crippen molar-refractivity contribution in [2.45, 2.75) is 56.4 Å². The monoisotopic (exact) mass is 279 g/mol. The summed E-state index contributed by atoms with van der Waals surface area (Å²) in [6, 6.07) is -0.510. The van der Waals surface area contributed by atoms with Gasteiger partial charge in [0.1, 0.15) is 0 Å². The minimum absolute atomic E-state index is 0.510. The Bertz CT molecular complexity index is 381. The van der Waals surface area contributed by atoms with E-state index in [0.29, 0.717) is 12.8 Å². The van der Waals surface area contributed by atoms with E-state index in [4.69, 9.17) is 0 Å². The Balaban J connectivity index is 2.72. The van der Waals surface area contributed by atoms with Crippen LogP contribution in [0.5, 0.6) is 0 Å². The van der Waals surface area contributed by atoms with Crippen LogP contribution in [0.3, 0.4) is 0 Å². The lowest BCUT2D eigenvalue weighted by molar-refractivity contribution is -0.139. The maximum atomic E-state index is 11.9. The lowest BCUT2D eigenvalue weighted by Gasteiger charge is -2.23. The standard InChI is InChI=1S/C11H21NO5S/c1-8(11(14)17-2)18(15,16)12-9-6-4-3-5-7-10(9)13/h8-10,12-13H,3-7H2,1-2H3. The molecule has 0 aromatic heterocycles. The molecule has 6 nitrogen and oxygen atoms in total. The number of carbonyl (C=O) groups is 1. The van der Waals surface area contributed by atoms with Gasteiger partial charge in [0, 0.05) is 6.04 Å². The lowest BCUT2D eigenvalue weighted by Crippen LogP contribution is -2.47. The Morgan fingerprint density at radius 3 is 2.56 bits per heavy atom. The number of ether oxygens (including phenoxy) is 1. The minimum Gasteiger partial charge on any atom is -0.468 e. The number of sulfonamides is 1. The van der Waals surface area contributed by atoms with Crippen molar-refractivity contribution < 1.29 is 23.1 Å². The Morgan fingerprint density at radius 2 is 1.94 bits per heavy atom. The highest BCUT2D eigenvalue weighted by Crippen LogP contribution is 2.19. The Morgan fingerprint density at radius 1 is 1.33 bits per heavy atom. The van der Waals surface area contributed by atoms with E-state index in [2.05, 4.69) is 9.46 Å². The van der Waals surface area contributed by atoms with Crippen LogP contribution in [0, 0.1) is 0 Å². The normalized spacial score (nSPS) is 27.3. The first-order valence-corrected chi connectivity index (χ1v) is 7.70. The van der Waals surface area contributed by atoms with Crippen molar-refractivity contribution in [3.05, 3.63) is 0 Å². The Hall–Kier alpha value is -0.660. The van der Waals surface area contributed by atoms with Crippen LogP contribution in [0.15, 0.2) is 0 Å². The van der Waals surface area contributed by atoms with Crippen molar-refractivity contribution >= 4 is 16.0 Å². The molecule has 7 heteroatoms. The fraction of sp³-hybridized carbons (Fsp3) is 0.909. The van der Waals surface area contributed by atoms with E-state index in [-0.39, 0.29) is 0 Å². The number of rotatable bonds is 4. The molecule has 106 valence electrons. The van der Waals surface area contributed by atoms with Crippen LogP contribution in [0.4, 0.5) is 0 Å². The third-order valence-corrected chi connectivity index (χ3v) is 5.05. The summed E-state index contributed by atoms with van der Waals surface area (Å²) in [5.74, 6) is -0.800. The fourth-order valence-electron chi connectivity index (χ4n) is 2.03. The third-order valence-electron chi connectivity index (χ3n) is 3.29. The van der Waals surface area contributed by atoms with Crippen LogP contribution in [0.2, 0.25) is 0 Å². The maximum absolute atomic E-state index is 11.9. The highest BCUT2D eigenvalue weighted by atomic mass is 32.2. The van der Waals surface area contributed by atoms with Crippen LogP contribution in [0.25, 0.3) is 0 Å². The number of carbonyl (C=O) groups excluding carboxylic acids is 1. The van der Waals surface area contributed by atoms with Crippen LogP contribution in [0.1, 0.15) is 39.0 Å². The molecule has 0 aromatic carbocycles. The van der Waals surface area contributed by atoms with Crippen molar-refractivity contribution in [3.8, 4) is 0 Å². The van der Waals surface area contributed by atoms with Gasteiger partial charge in [-0.3, -0.25) is 4.79 Å². The molecule has 0 amide bonds. The molecule has 1 saturated carbocycles. The molecule has 1 fully saturated rings. The van der Waals surface area contributed by atoms with Crippen LogP contribution >= 0.6 is 0 Å². The average Bonchev–Trinajstić information content (AvgIpc) is 2.52. The number of nitrogens with one attached hydrogen (secondary N) is 1. The molecule has 1 aliphatic carbocycles. The number of aliphatic hydroxyl groups excluding tert-OH is 1. The zero-order valence-electron chi connectivity index (χ0n) is 10.8. The van der Waals surface area contributed by atoms with E-state index >= 15 is 0 Å². The van der Waals surface area contributed by atoms with Gasteiger partial charge in [-0.15, -0.1) is 0 Å². The van der Waals surface area contributed by atoms with Gasteiger partial charge < -0.3 is 9.84 Å². The third kappa shape index (κ3) is 3.93. The second kappa shape index (κ2) is 6.49. The van der Waals surface area contributed by atoms with Crippen molar-refractivity contribution in [2.24, 2.45) is 0 Å². The van der Waals surface area contributed by atoms with Gasteiger partial charge in [-0.1, -0.05) is 19.3 Å². The molecule has 1 rings (SSSR count). The molecule has 3 atom stereocenters. The van der Waals surface area contributed by atoms with E-state index in [0.717, 1.165) is 26.4 Å². The number of aliphatic hydroxyl groups is 1. The van der Waals surface area contributed by atoms with Gasteiger partial charge in [0.25, 0.3) is 0 Å². The van der Waals surface area contributed by atoms with E-state index in [1.54, 1.807) is 0 Å². The number of hydrogen-bond acceptors (Lipinski definition) is 5. The second-order valence-electron chi connectivity index (χ2n) is 4.64.